The second-order valence-electron chi connectivity index (χ2n) is 10.5. The molecule has 0 bridgehead atoms. The third-order valence-electron chi connectivity index (χ3n) is 7.76. The van der Waals surface area contributed by atoms with Gasteiger partial charge in [0.25, 0.3) is 0 Å². The van der Waals surface area contributed by atoms with Gasteiger partial charge in [-0.2, -0.15) is 0 Å². The Morgan fingerprint density at radius 1 is 0.839 bits per heavy atom. The van der Waals surface area contributed by atoms with Crippen LogP contribution in [0.1, 0.15) is 63.3 Å². The summed E-state index contributed by atoms with van der Waals surface area (Å²) in [5, 5.41) is 1.33. The molecule has 1 aliphatic heterocycles. The molecular formula is C28H29Cl2N. The maximum Gasteiger partial charge on any atom is 0.0771 e. The van der Waals surface area contributed by atoms with Gasteiger partial charge in [-0.25, -0.2) is 0 Å². The van der Waals surface area contributed by atoms with Crippen molar-refractivity contribution in [2.75, 3.05) is 4.90 Å². The molecule has 2 atom stereocenters. The quantitative estimate of drug-likeness (QED) is 0.359. The van der Waals surface area contributed by atoms with Gasteiger partial charge in [0.05, 0.1) is 5.54 Å². The number of rotatable bonds is 1. The number of anilines is 2. The molecule has 0 saturated carbocycles. The number of halogens is 2. The Hall–Kier alpha value is -1.96. The molecule has 1 heterocycles. The smallest absolute Gasteiger partial charge is 0.0771 e. The molecule has 2 unspecified atom stereocenters. The second-order valence-corrected chi connectivity index (χ2v) is 11.4. The molecule has 0 amide bonds. The summed E-state index contributed by atoms with van der Waals surface area (Å²) >= 11 is 13.0. The highest BCUT2D eigenvalue weighted by molar-refractivity contribution is 6.35. The van der Waals surface area contributed by atoms with Crippen molar-refractivity contribution in [2.45, 2.75) is 63.8 Å². The summed E-state index contributed by atoms with van der Waals surface area (Å²) in [6, 6.07) is 21.9. The minimum atomic E-state index is -0.241. The van der Waals surface area contributed by atoms with E-state index in [0.717, 1.165) is 18.5 Å². The van der Waals surface area contributed by atoms with Crippen LogP contribution in [0.2, 0.25) is 10.0 Å². The van der Waals surface area contributed by atoms with Crippen molar-refractivity contribution in [1.29, 1.82) is 0 Å². The third kappa shape index (κ3) is 2.90. The monoisotopic (exact) mass is 449 g/mol. The SMILES string of the molecule is CC(C)(C)c1ccc2c(c1)C1(C)CCc3ccccc3C1(C)N2c1cc(Cl)cc(Cl)c1. The molecular weight excluding hydrogens is 421 g/mol. The maximum atomic E-state index is 6.49. The fraction of sp³-hybridized carbons (Fsp3) is 0.357. The molecule has 5 rings (SSSR count). The van der Waals surface area contributed by atoms with Gasteiger partial charge in [0.2, 0.25) is 0 Å². The molecule has 3 aromatic carbocycles. The van der Waals surface area contributed by atoms with Crippen molar-refractivity contribution in [2.24, 2.45) is 0 Å². The van der Waals surface area contributed by atoms with Gasteiger partial charge in [-0.3, -0.25) is 0 Å². The summed E-state index contributed by atoms with van der Waals surface area (Å²) in [5.74, 6) is 0. The Kier molecular flexibility index (Phi) is 4.57. The van der Waals surface area contributed by atoms with E-state index in [-0.39, 0.29) is 16.4 Å². The van der Waals surface area contributed by atoms with Crippen molar-refractivity contribution >= 4 is 34.6 Å². The first-order chi connectivity index (χ1) is 14.6. The fourth-order valence-corrected chi connectivity index (χ4v) is 6.36. The zero-order valence-corrected chi connectivity index (χ0v) is 20.4. The van der Waals surface area contributed by atoms with Crippen molar-refractivity contribution in [3.8, 4) is 0 Å². The van der Waals surface area contributed by atoms with Gasteiger partial charge in [0.1, 0.15) is 0 Å². The fourth-order valence-electron chi connectivity index (χ4n) is 5.85. The Morgan fingerprint density at radius 2 is 1.52 bits per heavy atom. The molecule has 1 aliphatic carbocycles. The van der Waals surface area contributed by atoms with Crippen molar-refractivity contribution < 1.29 is 0 Å². The highest BCUT2D eigenvalue weighted by atomic mass is 35.5. The number of fused-ring (bicyclic) bond motifs is 5. The molecule has 0 N–H and O–H groups in total. The minimum absolute atomic E-state index is 0.0350. The average Bonchev–Trinajstić information content (AvgIpc) is 2.91. The average molecular weight is 450 g/mol. The van der Waals surface area contributed by atoms with Gasteiger partial charge in [-0.05, 0) is 71.7 Å². The number of aryl methyl sites for hydroxylation is 1. The lowest BCUT2D eigenvalue weighted by molar-refractivity contribution is 0.245. The molecule has 0 aromatic heterocycles. The van der Waals surface area contributed by atoms with Crippen molar-refractivity contribution in [3.63, 3.8) is 0 Å². The van der Waals surface area contributed by atoms with Crippen LogP contribution in [-0.4, -0.2) is 0 Å². The summed E-state index contributed by atoms with van der Waals surface area (Å²) in [6.45, 7) is 11.7. The van der Waals surface area contributed by atoms with Gasteiger partial charge in [0, 0.05) is 26.8 Å². The van der Waals surface area contributed by atoms with Crippen LogP contribution in [0, 0.1) is 0 Å². The summed E-state index contributed by atoms with van der Waals surface area (Å²) < 4.78 is 0. The van der Waals surface area contributed by atoms with Crippen molar-refractivity contribution in [1.82, 2.24) is 0 Å². The number of hydrogen-bond acceptors (Lipinski definition) is 1. The predicted octanol–water partition coefficient (Wildman–Crippen LogP) is 8.56. The Balaban J connectivity index is 1.85. The molecule has 1 nitrogen and oxygen atoms in total. The number of benzene rings is 3. The van der Waals surface area contributed by atoms with E-state index in [4.69, 9.17) is 23.2 Å². The van der Waals surface area contributed by atoms with Crippen LogP contribution in [0.15, 0.2) is 60.7 Å². The topological polar surface area (TPSA) is 3.24 Å². The molecule has 0 saturated heterocycles. The van der Waals surface area contributed by atoms with Crippen LogP contribution in [0.5, 0.6) is 0 Å². The van der Waals surface area contributed by atoms with Gasteiger partial charge < -0.3 is 4.90 Å². The van der Waals surface area contributed by atoms with E-state index in [0.29, 0.717) is 10.0 Å². The molecule has 3 aromatic rings. The molecule has 3 heteroatoms. The molecule has 31 heavy (non-hydrogen) atoms. The predicted molar refractivity (Wildman–Crippen MR) is 133 cm³/mol. The molecule has 0 fully saturated rings. The highest BCUT2D eigenvalue weighted by Gasteiger charge is 2.60. The largest absolute Gasteiger partial charge is 0.330 e. The van der Waals surface area contributed by atoms with Crippen LogP contribution < -0.4 is 4.90 Å². The van der Waals surface area contributed by atoms with Gasteiger partial charge >= 0.3 is 0 Å². The van der Waals surface area contributed by atoms with E-state index in [1.54, 1.807) is 0 Å². The first kappa shape index (κ1) is 20.9. The normalized spacial score (nSPS) is 24.5. The lowest BCUT2D eigenvalue weighted by Crippen LogP contribution is -2.53. The van der Waals surface area contributed by atoms with Crippen LogP contribution in [0.25, 0.3) is 0 Å². The Bertz CT molecular complexity index is 1170. The molecule has 2 aliphatic rings. The Labute approximate surface area is 196 Å². The van der Waals surface area contributed by atoms with Gasteiger partial charge in [0.15, 0.2) is 0 Å². The van der Waals surface area contributed by atoms with Gasteiger partial charge in [-0.1, -0.05) is 87.3 Å². The highest BCUT2D eigenvalue weighted by Crippen LogP contribution is 2.64. The lowest BCUT2D eigenvalue weighted by Gasteiger charge is -2.51. The molecule has 0 spiro atoms. The zero-order valence-electron chi connectivity index (χ0n) is 18.9. The van der Waals surface area contributed by atoms with Gasteiger partial charge in [-0.15, -0.1) is 0 Å². The second kappa shape index (κ2) is 6.77. The van der Waals surface area contributed by atoms with E-state index in [9.17, 15) is 0 Å². The number of hydrogen-bond donors (Lipinski definition) is 0. The molecule has 160 valence electrons. The first-order valence-electron chi connectivity index (χ1n) is 11.1. The maximum absolute atomic E-state index is 6.49. The number of nitrogens with zero attached hydrogens (tertiary/aromatic N) is 1. The molecule has 0 radical (unpaired) electrons. The first-order valence-corrected chi connectivity index (χ1v) is 11.8. The summed E-state index contributed by atoms with van der Waals surface area (Å²) in [6.07, 6.45) is 2.19. The van der Waals surface area contributed by atoms with Crippen LogP contribution >= 0.6 is 23.2 Å². The van der Waals surface area contributed by atoms with Crippen LogP contribution in [0.3, 0.4) is 0 Å². The van der Waals surface area contributed by atoms with E-state index < -0.39 is 0 Å². The van der Waals surface area contributed by atoms with Crippen LogP contribution in [0.4, 0.5) is 11.4 Å². The van der Waals surface area contributed by atoms with E-state index in [1.165, 1.54) is 27.9 Å². The standard InChI is InChI=1S/C28H29Cl2N/c1-26(2,3)19-10-11-25-24(14-19)27(4)13-12-18-8-6-7-9-23(18)28(27,5)31(25)22-16-20(29)15-21(30)17-22/h6-11,14-17H,12-13H2,1-5H3. The minimum Gasteiger partial charge on any atom is -0.330 e. The van der Waals surface area contributed by atoms with Crippen LogP contribution in [-0.2, 0) is 22.8 Å². The zero-order chi connectivity index (χ0) is 22.2. The van der Waals surface area contributed by atoms with E-state index in [1.807, 2.05) is 18.2 Å². The Morgan fingerprint density at radius 3 is 2.19 bits per heavy atom. The summed E-state index contributed by atoms with van der Waals surface area (Å²) in [7, 11) is 0. The summed E-state index contributed by atoms with van der Waals surface area (Å²) in [5.41, 5.74) is 7.76. The lowest BCUT2D eigenvalue weighted by atomic mass is 9.59. The third-order valence-corrected chi connectivity index (χ3v) is 8.20. The van der Waals surface area contributed by atoms with Crippen molar-refractivity contribution in [3.05, 3.63) is 93.0 Å². The van der Waals surface area contributed by atoms with E-state index in [2.05, 4.69) is 82.0 Å². The van der Waals surface area contributed by atoms with E-state index >= 15 is 0 Å². The summed E-state index contributed by atoms with van der Waals surface area (Å²) in [4.78, 5) is 2.49.